The van der Waals surface area contributed by atoms with Crippen LogP contribution in [-0.4, -0.2) is 29.6 Å². The van der Waals surface area contributed by atoms with Gasteiger partial charge in [-0.3, -0.25) is 9.59 Å². The van der Waals surface area contributed by atoms with Crippen molar-refractivity contribution in [3.05, 3.63) is 0 Å². The molecule has 4 atom stereocenters. The van der Waals surface area contributed by atoms with Crippen LogP contribution in [0.5, 0.6) is 0 Å². The van der Waals surface area contributed by atoms with E-state index >= 15 is 0 Å². The fourth-order valence-electron chi connectivity index (χ4n) is 3.60. The molecule has 0 spiro atoms. The van der Waals surface area contributed by atoms with Gasteiger partial charge in [0.05, 0.1) is 5.41 Å². The van der Waals surface area contributed by atoms with E-state index in [0.717, 1.165) is 32.1 Å². The zero-order valence-corrected chi connectivity index (χ0v) is 11.5. The largest absolute Gasteiger partial charge is 0.481 e. The van der Waals surface area contributed by atoms with E-state index in [9.17, 15) is 14.7 Å². The first-order valence-electron chi connectivity index (χ1n) is 7.23. The van der Waals surface area contributed by atoms with Crippen LogP contribution in [0.3, 0.4) is 0 Å². The Labute approximate surface area is 113 Å². The van der Waals surface area contributed by atoms with Gasteiger partial charge in [0.1, 0.15) is 0 Å². The monoisotopic (exact) mass is 268 g/mol. The Morgan fingerprint density at radius 1 is 1.32 bits per heavy atom. The molecule has 0 saturated heterocycles. The standard InChI is InChI=1S/C14H24N2O3/c1-14(13(18)19)7-3-6-11(14)16-12(17)10-5-2-4-9(10)8-15/h9-11H,2-8,15H2,1H3,(H,16,17)(H,18,19). The van der Waals surface area contributed by atoms with E-state index in [1.807, 2.05) is 0 Å². The predicted octanol–water partition coefficient (Wildman–Crippen LogP) is 1.12. The Morgan fingerprint density at radius 3 is 2.68 bits per heavy atom. The molecule has 0 bridgehead atoms. The van der Waals surface area contributed by atoms with Crippen LogP contribution in [0, 0.1) is 17.3 Å². The quantitative estimate of drug-likeness (QED) is 0.712. The Hall–Kier alpha value is -1.10. The number of nitrogens with two attached hydrogens (primary N) is 1. The highest BCUT2D eigenvalue weighted by molar-refractivity contribution is 5.82. The average molecular weight is 268 g/mol. The SMILES string of the molecule is CC1(C(=O)O)CCCC1NC(=O)C1CCCC1CN. The highest BCUT2D eigenvalue weighted by Gasteiger charge is 2.46. The van der Waals surface area contributed by atoms with Gasteiger partial charge in [0.15, 0.2) is 0 Å². The van der Waals surface area contributed by atoms with Gasteiger partial charge in [0.2, 0.25) is 5.91 Å². The zero-order chi connectivity index (χ0) is 14.0. The van der Waals surface area contributed by atoms with Crippen LogP contribution in [0.15, 0.2) is 0 Å². The van der Waals surface area contributed by atoms with Crippen molar-refractivity contribution in [1.29, 1.82) is 0 Å². The van der Waals surface area contributed by atoms with Gasteiger partial charge in [-0.05, 0) is 45.1 Å². The first kappa shape index (κ1) is 14.3. The van der Waals surface area contributed by atoms with Crippen LogP contribution >= 0.6 is 0 Å². The van der Waals surface area contributed by atoms with Gasteiger partial charge in [-0.1, -0.05) is 12.8 Å². The van der Waals surface area contributed by atoms with Gasteiger partial charge < -0.3 is 16.2 Å². The molecular formula is C14H24N2O3. The number of hydrogen-bond donors (Lipinski definition) is 3. The minimum absolute atomic E-state index is 0.00678. The summed E-state index contributed by atoms with van der Waals surface area (Å²) in [4.78, 5) is 23.7. The van der Waals surface area contributed by atoms with E-state index < -0.39 is 11.4 Å². The van der Waals surface area contributed by atoms with Crippen molar-refractivity contribution >= 4 is 11.9 Å². The third-order valence-electron chi connectivity index (χ3n) is 5.06. The third-order valence-corrected chi connectivity index (χ3v) is 5.06. The van der Waals surface area contributed by atoms with Crippen molar-refractivity contribution < 1.29 is 14.7 Å². The number of nitrogens with one attached hydrogen (secondary N) is 1. The minimum Gasteiger partial charge on any atom is -0.481 e. The molecule has 0 aromatic heterocycles. The van der Waals surface area contributed by atoms with Crippen molar-refractivity contribution in [2.24, 2.45) is 23.0 Å². The minimum atomic E-state index is -0.813. The van der Waals surface area contributed by atoms with E-state index in [-0.39, 0.29) is 23.8 Å². The third kappa shape index (κ3) is 2.61. The predicted molar refractivity (Wildman–Crippen MR) is 71.4 cm³/mol. The molecule has 2 fully saturated rings. The summed E-state index contributed by atoms with van der Waals surface area (Å²) in [7, 11) is 0. The van der Waals surface area contributed by atoms with E-state index in [0.29, 0.717) is 13.0 Å². The number of amides is 1. The molecule has 0 radical (unpaired) electrons. The number of carboxylic acid groups (broad SMARTS) is 1. The van der Waals surface area contributed by atoms with E-state index in [4.69, 9.17) is 5.73 Å². The molecule has 2 saturated carbocycles. The molecule has 0 aromatic rings. The van der Waals surface area contributed by atoms with Gasteiger partial charge in [0, 0.05) is 12.0 Å². The smallest absolute Gasteiger partial charge is 0.311 e. The molecule has 2 rings (SSSR count). The molecule has 108 valence electrons. The molecule has 5 heteroatoms. The zero-order valence-electron chi connectivity index (χ0n) is 11.5. The summed E-state index contributed by atoms with van der Waals surface area (Å²) in [6, 6.07) is -0.239. The van der Waals surface area contributed by atoms with E-state index in [1.165, 1.54) is 0 Å². The van der Waals surface area contributed by atoms with Crippen LogP contribution in [0.2, 0.25) is 0 Å². The summed E-state index contributed by atoms with van der Waals surface area (Å²) < 4.78 is 0. The van der Waals surface area contributed by atoms with Crippen LogP contribution in [0.25, 0.3) is 0 Å². The number of carbonyl (C=O) groups excluding carboxylic acids is 1. The fourth-order valence-corrected chi connectivity index (χ4v) is 3.60. The normalized spacial score (nSPS) is 38.3. The van der Waals surface area contributed by atoms with Gasteiger partial charge in [0.25, 0.3) is 0 Å². The van der Waals surface area contributed by atoms with Crippen molar-refractivity contribution in [3.8, 4) is 0 Å². The van der Waals surface area contributed by atoms with Crippen molar-refractivity contribution in [2.45, 2.75) is 51.5 Å². The van der Waals surface area contributed by atoms with Crippen molar-refractivity contribution in [2.75, 3.05) is 6.54 Å². The lowest BCUT2D eigenvalue weighted by Crippen LogP contribution is -2.49. The Morgan fingerprint density at radius 2 is 2.05 bits per heavy atom. The van der Waals surface area contributed by atoms with Crippen LogP contribution in [0.4, 0.5) is 0 Å². The molecular weight excluding hydrogens is 244 g/mol. The maximum absolute atomic E-state index is 12.3. The molecule has 0 aliphatic heterocycles. The van der Waals surface area contributed by atoms with Crippen LogP contribution < -0.4 is 11.1 Å². The lowest BCUT2D eigenvalue weighted by Gasteiger charge is -2.29. The number of carbonyl (C=O) groups is 2. The van der Waals surface area contributed by atoms with Crippen molar-refractivity contribution in [1.82, 2.24) is 5.32 Å². The maximum atomic E-state index is 12.3. The molecule has 19 heavy (non-hydrogen) atoms. The average Bonchev–Trinajstić information content (AvgIpc) is 2.97. The summed E-state index contributed by atoms with van der Waals surface area (Å²) in [5, 5.41) is 12.3. The topological polar surface area (TPSA) is 92.4 Å². The molecule has 5 nitrogen and oxygen atoms in total. The van der Waals surface area contributed by atoms with Gasteiger partial charge in [-0.15, -0.1) is 0 Å². The lowest BCUT2D eigenvalue weighted by molar-refractivity contribution is -0.149. The number of hydrogen-bond acceptors (Lipinski definition) is 3. The molecule has 1 amide bonds. The second kappa shape index (κ2) is 5.49. The van der Waals surface area contributed by atoms with Gasteiger partial charge >= 0.3 is 5.97 Å². The summed E-state index contributed by atoms with van der Waals surface area (Å²) in [6.45, 7) is 2.28. The van der Waals surface area contributed by atoms with E-state index in [1.54, 1.807) is 6.92 Å². The maximum Gasteiger partial charge on any atom is 0.311 e. The first-order valence-corrected chi connectivity index (χ1v) is 7.23. The fraction of sp³-hybridized carbons (Fsp3) is 0.857. The summed E-state index contributed by atoms with van der Waals surface area (Å²) >= 11 is 0. The highest BCUT2D eigenvalue weighted by atomic mass is 16.4. The number of rotatable bonds is 4. The molecule has 0 aromatic carbocycles. The summed E-state index contributed by atoms with van der Waals surface area (Å²) in [5.74, 6) is -0.564. The highest BCUT2D eigenvalue weighted by Crippen LogP contribution is 2.39. The lowest BCUT2D eigenvalue weighted by atomic mass is 9.84. The second-order valence-electron chi connectivity index (χ2n) is 6.21. The Bertz CT molecular complexity index is 372. The molecule has 2 aliphatic carbocycles. The Kier molecular flexibility index (Phi) is 4.13. The first-order chi connectivity index (χ1) is 8.99. The second-order valence-corrected chi connectivity index (χ2v) is 6.21. The Balaban J connectivity index is 2.00. The van der Waals surface area contributed by atoms with Crippen LogP contribution in [-0.2, 0) is 9.59 Å². The molecule has 4 unspecified atom stereocenters. The summed E-state index contributed by atoms with van der Waals surface area (Å²) in [6.07, 6.45) is 5.19. The molecule has 4 N–H and O–H groups in total. The number of aliphatic carboxylic acids is 1. The summed E-state index contributed by atoms with van der Waals surface area (Å²) in [5.41, 5.74) is 4.88. The molecule has 0 heterocycles. The van der Waals surface area contributed by atoms with Gasteiger partial charge in [-0.2, -0.15) is 0 Å². The van der Waals surface area contributed by atoms with Crippen molar-refractivity contribution in [3.63, 3.8) is 0 Å². The van der Waals surface area contributed by atoms with Crippen LogP contribution in [0.1, 0.15) is 45.4 Å². The number of carboxylic acids is 1. The van der Waals surface area contributed by atoms with Gasteiger partial charge in [-0.25, -0.2) is 0 Å². The molecule has 2 aliphatic rings. The van der Waals surface area contributed by atoms with E-state index in [2.05, 4.69) is 5.32 Å².